The molecule has 3 rings (SSSR count). The molecule has 0 radical (unpaired) electrons. The summed E-state index contributed by atoms with van der Waals surface area (Å²) in [5.41, 5.74) is 6.94. The fraction of sp³-hybridized carbons (Fsp3) is 0. The molecule has 20 heavy (non-hydrogen) atoms. The summed E-state index contributed by atoms with van der Waals surface area (Å²) in [5, 5.41) is 25.0. The first-order chi connectivity index (χ1) is 9.63. The Morgan fingerprint density at radius 1 is 1.30 bits per heavy atom. The van der Waals surface area contributed by atoms with Crippen molar-refractivity contribution in [3.05, 3.63) is 36.2 Å². The number of carboxylic acid groups (broad SMARTS) is 1. The van der Waals surface area contributed by atoms with Crippen molar-refractivity contribution in [2.24, 2.45) is 0 Å². The van der Waals surface area contributed by atoms with Crippen LogP contribution < -0.4 is 5.73 Å². The number of carboxylic acids is 1. The summed E-state index contributed by atoms with van der Waals surface area (Å²) in [4.78, 5) is 10.8. The largest absolute Gasteiger partial charge is 0.476 e. The first kappa shape index (κ1) is 12.2. The van der Waals surface area contributed by atoms with Crippen molar-refractivity contribution in [3.63, 3.8) is 0 Å². The molecule has 0 amide bonds. The monoisotopic (exact) mass is 288 g/mol. The Kier molecular flexibility index (Phi) is 2.88. The van der Waals surface area contributed by atoms with Gasteiger partial charge in [0.05, 0.1) is 11.9 Å². The molecule has 0 fully saturated rings. The standard InChI is InChI=1S/C11H8N6O2S/c12-11-15-14-9(20-11)6-2-1-3-7(4-6)17-5-8(10(18)19)13-16-17/h1-5H,(H2,12,15)(H,18,19). The normalized spacial score (nSPS) is 10.6. The van der Waals surface area contributed by atoms with Gasteiger partial charge in [-0.3, -0.25) is 0 Å². The molecule has 9 heteroatoms. The molecule has 0 aliphatic carbocycles. The lowest BCUT2D eigenvalue weighted by Crippen LogP contribution is -1.96. The zero-order valence-electron chi connectivity index (χ0n) is 9.96. The van der Waals surface area contributed by atoms with Gasteiger partial charge in [-0.2, -0.15) is 0 Å². The number of aromatic carboxylic acids is 1. The zero-order chi connectivity index (χ0) is 14.1. The van der Waals surface area contributed by atoms with Crippen LogP contribution in [-0.4, -0.2) is 36.3 Å². The van der Waals surface area contributed by atoms with E-state index >= 15 is 0 Å². The lowest BCUT2D eigenvalue weighted by atomic mass is 10.2. The second kappa shape index (κ2) is 4.70. The summed E-state index contributed by atoms with van der Waals surface area (Å²) in [6.07, 6.45) is 1.34. The molecule has 0 bridgehead atoms. The van der Waals surface area contributed by atoms with Gasteiger partial charge in [0.1, 0.15) is 5.01 Å². The van der Waals surface area contributed by atoms with Crippen LogP contribution in [0.2, 0.25) is 0 Å². The number of nitrogen functional groups attached to an aromatic ring is 1. The van der Waals surface area contributed by atoms with Crippen molar-refractivity contribution < 1.29 is 9.90 Å². The molecule has 0 saturated carbocycles. The average Bonchev–Trinajstić information content (AvgIpc) is 3.07. The predicted molar refractivity (Wildman–Crippen MR) is 71.6 cm³/mol. The Bertz CT molecular complexity index is 781. The maximum atomic E-state index is 10.8. The minimum atomic E-state index is -1.12. The minimum Gasteiger partial charge on any atom is -0.476 e. The van der Waals surface area contributed by atoms with Crippen LogP contribution in [0.15, 0.2) is 30.5 Å². The van der Waals surface area contributed by atoms with Gasteiger partial charge in [-0.25, -0.2) is 9.48 Å². The number of anilines is 1. The molecule has 0 atom stereocenters. The van der Waals surface area contributed by atoms with Crippen LogP contribution in [0, 0.1) is 0 Å². The second-order valence-corrected chi connectivity index (χ2v) is 4.86. The van der Waals surface area contributed by atoms with Gasteiger partial charge in [-0.1, -0.05) is 28.7 Å². The van der Waals surface area contributed by atoms with E-state index in [4.69, 9.17) is 10.8 Å². The number of nitrogens with two attached hydrogens (primary N) is 1. The topological polar surface area (TPSA) is 120 Å². The quantitative estimate of drug-likeness (QED) is 0.739. The molecular formula is C11H8N6O2S. The molecule has 8 nitrogen and oxygen atoms in total. The Balaban J connectivity index is 2.00. The summed E-state index contributed by atoms with van der Waals surface area (Å²) < 4.78 is 1.39. The molecule has 2 heterocycles. The fourth-order valence-electron chi connectivity index (χ4n) is 1.62. The molecular weight excluding hydrogens is 280 g/mol. The van der Waals surface area contributed by atoms with E-state index in [-0.39, 0.29) is 5.69 Å². The number of nitrogens with zero attached hydrogens (tertiary/aromatic N) is 5. The Hall–Kier alpha value is -2.81. The minimum absolute atomic E-state index is 0.115. The first-order valence-electron chi connectivity index (χ1n) is 5.49. The van der Waals surface area contributed by atoms with Crippen LogP contribution in [0.3, 0.4) is 0 Å². The van der Waals surface area contributed by atoms with Crippen molar-refractivity contribution >= 4 is 22.4 Å². The van der Waals surface area contributed by atoms with Gasteiger partial charge in [0.15, 0.2) is 5.69 Å². The van der Waals surface area contributed by atoms with Gasteiger partial charge in [0.2, 0.25) is 5.13 Å². The van der Waals surface area contributed by atoms with E-state index < -0.39 is 5.97 Å². The van der Waals surface area contributed by atoms with Crippen LogP contribution >= 0.6 is 11.3 Å². The summed E-state index contributed by atoms with van der Waals surface area (Å²) in [5.74, 6) is -1.12. The molecule has 0 aliphatic heterocycles. The summed E-state index contributed by atoms with van der Waals surface area (Å²) in [7, 11) is 0. The van der Waals surface area contributed by atoms with Gasteiger partial charge in [-0.15, -0.1) is 15.3 Å². The van der Waals surface area contributed by atoms with E-state index in [9.17, 15) is 4.79 Å². The van der Waals surface area contributed by atoms with Crippen molar-refractivity contribution in [2.75, 3.05) is 5.73 Å². The summed E-state index contributed by atoms with van der Waals surface area (Å²) in [6, 6.07) is 7.26. The molecule has 2 aromatic heterocycles. The molecule has 100 valence electrons. The van der Waals surface area contributed by atoms with E-state index in [1.165, 1.54) is 22.2 Å². The van der Waals surface area contributed by atoms with E-state index in [0.29, 0.717) is 15.8 Å². The second-order valence-electron chi connectivity index (χ2n) is 3.85. The number of hydrogen-bond donors (Lipinski definition) is 2. The number of carbonyl (C=O) groups is 1. The lowest BCUT2D eigenvalue weighted by Gasteiger charge is -2.01. The van der Waals surface area contributed by atoms with Gasteiger partial charge in [0, 0.05) is 5.56 Å². The SMILES string of the molecule is Nc1nnc(-c2cccc(-n3cc(C(=O)O)nn3)c2)s1. The Morgan fingerprint density at radius 2 is 2.15 bits per heavy atom. The molecule has 0 aliphatic rings. The highest BCUT2D eigenvalue weighted by atomic mass is 32.1. The van der Waals surface area contributed by atoms with Crippen LogP contribution in [0.1, 0.15) is 10.5 Å². The van der Waals surface area contributed by atoms with E-state index in [1.807, 2.05) is 12.1 Å². The average molecular weight is 288 g/mol. The third-order valence-electron chi connectivity index (χ3n) is 2.51. The van der Waals surface area contributed by atoms with Crippen molar-refractivity contribution in [1.29, 1.82) is 0 Å². The molecule has 0 unspecified atom stereocenters. The van der Waals surface area contributed by atoms with Crippen LogP contribution in [0.4, 0.5) is 5.13 Å². The Morgan fingerprint density at radius 3 is 2.80 bits per heavy atom. The fourth-order valence-corrected chi connectivity index (χ4v) is 2.23. The summed E-state index contributed by atoms with van der Waals surface area (Å²) >= 11 is 1.27. The lowest BCUT2D eigenvalue weighted by molar-refractivity contribution is 0.0690. The summed E-state index contributed by atoms with van der Waals surface area (Å²) in [6.45, 7) is 0. The van der Waals surface area contributed by atoms with Crippen LogP contribution in [0.5, 0.6) is 0 Å². The Labute approximate surface area is 116 Å². The maximum Gasteiger partial charge on any atom is 0.358 e. The molecule has 3 N–H and O–H groups in total. The van der Waals surface area contributed by atoms with Crippen LogP contribution in [0.25, 0.3) is 16.3 Å². The predicted octanol–water partition coefficient (Wildman–Crippen LogP) is 1.07. The number of benzene rings is 1. The molecule has 0 saturated heterocycles. The van der Waals surface area contributed by atoms with Crippen LogP contribution in [-0.2, 0) is 0 Å². The highest BCUT2D eigenvalue weighted by Gasteiger charge is 2.10. The van der Waals surface area contributed by atoms with Crippen molar-refractivity contribution in [1.82, 2.24) is 25.2 Å². The molecule has 1 aromatic carbocycles. The highest BCUT2D eigenvalue weighted by Crippen LogP contribution is 2.26. The maximum absolute atomic E-state index is 10.8. The van der Waals surface area contributed by atoms with Crippen molar-refractivity contribution in [3.8, 4) is 16.3 Å². The number of rotatable bonds is 3. The van der Waals surface area contributed by atoms with Gasteiger partial charge in [0.25, 0.3) is 0 Å². The van der Waals surface area contributed by atoms with Crippen molar-refractivity contribution in [2.45, 2.75) is 0 Å². The molecule has 0 spiro atoms. The molecule has 3 aromatic rings. The van der Waals surface area contributed by atoms with Gasteiger partial charge in [-0.05, 0) is 12.1 Å². The zero-order valence-corrected chi connectivity index (χ0v) is 10.8. The van der Waals surface area contributed by atoms with Gasteiger partial charge < -0.3 is 10.8 Å². The third kappa shape index (κ3) is 2.21. The third-order valence-corrected chi connectivity index (χ3v) is 3.31. The number of hydrogen-bond acceptors (Lipinski definition) is 7. The van der Waals surface area contributed by atoms with E-state index in [0.717, 1.165) is 5.56 Å². The van der Waals surface area contributed by atoms with Gasteiger partial charge >= 0.3 is 5.97 Å². The first-order valence-corrected chi connectivity index (χ1v) is 6.30. The highest BCUT2D eigenvalue weighted by molar-refractivity contribution is 7.18. The van der Waals surface area contributed by atoms with E-state index in [1.54, 1.807) is 12.1 Å². The smallest absolute Gasteiger partial charge is 0.358 e. The number of aromatic nitrogens is 5. The van der Waals surface area contributed by atoms with E-state index in [2.05, 4.69) is 20.5 Å².